The highest BCUT2D eigenvalue weighted by Gasteiger charge is 2.45. The number of carbonyl (C=O) groups is 1. The van der Waals surface area contributed by atoms with E-state index >= 15 is 0 Å². The lowest BCUT2D eigenvalue weighted by atomic mass is 10.0. The van der Waals surface area contributed by atoms with Gasteiger partial charge in [-0.1, -0.05) is 0 Å². The molecule has 1 aromatic carbocycles. The third kappa shape index (κ3) is 3.31. The quantitative estimate of drug-likeness (QED) is 0.812. The number of sulfonamides is 1. The number of benzene rings is 1. The fourth-order valence-electron chi connectivity index (χ4n) is 2.49. The van der Waals surface area contributed by atoms with Crippen molar-refractivity contribution in [3.05, 3.63) is 52.2 Å². The van der Waals surface area contributed by atoms with Gasteiger partial charge in [0, 0.05) is 12.0 Å². The first-order chi connectivity index (χ1) is 11.0. The molecule has 0 radical (unpaired) electrons. The highest BCUT2D eigenvalue weighted by atomic mass is 32.2. The lowest BCUT2D eigenvalue weighted by Crippen LogP contribution is -2.32. The minimum Gasteiger partial charge on any atom is -0.465 e. The number of rotatable bonds is 6. The zero-order valence-corrected chi connectivity index (χ0v) is 14.2. The van der Waals surface area contributed by atoms with E-state index in [1.807, 2.05) is 5.38 Å². The van der Waals surface area contributed by atoms with Crippen molar-refractivity contribution in [2.45, 2.75) is 23.2 Å². The highest BCUT2D eigenvalue weighted by molar-refractivity contribution is 7.89. The van der Waals surface area contributed by atoms with Gasteiger partial charge in [-0.2, -0.15) is 11.3 Å². The van der Waals surface area contributed by atoms with Gasteiger partial charge < -0.3 is 4.74 Å². The van der Waals surface area contributed by atoms with E-state index in [1.165, 1.54) is 36.9 Å². The van der Waals surface area contributed by atoms with Crippen LogP contribution in [0.2, 0.25) is 0 Å². The molecular weight excluding hydrogens is 334 g/mol. The fourth-order valence-corrected chi connectivity index (χ4v) is 4.40. The number of hydrogen-bond acceptors (Lipinski definition) is 5. The van der Waals surface area contributed by atoms with E-state index in [4.69, 9.17) is 0 Å². The average molecular weight is 351 g/mol. The molecule has 0 atom stereocenters. The first-order valence-corrected chi connectivity index (χ1v) is 9.60. The summed E-state index contributed by atoms with van der Waals surface area (Å²) in [6.45, 7) is 0.394. The van der Waals surface area contributed by atoms with Gasteiger partial charge in [-0.3, -0.25) is 0 Å². The minimum atomic E-state index is -3.59. The van der Waals surface area contributed by atoms with E-state index in [2.05, 4.69) is 20.9 Å². The second-order valence-corrected chi connectivity index (χ2v) is 8.18. The zero-order valence-electron chi connectivity index (χ0n) is 12.6. The lowest BCUT2D eigenvalue weighted by Gasteiger charge is -2.15. The Morgan fingerprint density at radius 3 is 2.48 bits per heavy atom. The van der Waals surface area contributed by atoms with E-state index < -0.39 is 16.0 Å². The van der Waals surface area contributed by atoms with Crippen LogP contribution in [0, 0.1) is 0 Å². The molecule has 0 amide bonds. The normalized spacial score (nSPS) is 16.0. The number of nitrogens with one attached hydrogen (secondary N) is 1. The van der Waals surface area contributed by atoms with Crippen LogP contribution in [0.4, 0.5) is 0 Å². The predicted octanol–water partition coefficient (Wildman–Crippen LogP) is 2.54. The Labute approximate surface area is 139 Å². The summed E-state index contributed by atoms with van der Waals surface area (Å²) in [5.41, 5.74) is 1.47. The molecule has 23 heavy (non-hydrogen) atoms. The Morgan fingerprint density at radius 1 is 1.26 bits per heavy atom. The molecule has 0 saturated heterocycles. The van der Waals surface area contributed by atoms with E-state index in [9.17, 15) is 13.2 Å². The van der Waals surface area contributed by atoms with Gasteiger partial charge in [-0.05, 0) is 59.5 Å². The summed E-state index contributed by atoms with van der Waals surface area (Å²) in [5, 5.41) is 4.09. The van der Waals surface area contributed by atoms with E-state index in [0.717, 1.165) is 12.8 Å². The van der Waals surface area contributed by atoms with Gasteiger partial charge in [-0.25, -0.2) is 17.9 Å². The molecule has 1 N–H and O–H groups in total. The van der Waals surface area contributed by atoms with Crippen molar-refractivity contribution in [3.63, 3.8) is 0 Å². The monoisotopic (exact) mass is 351 g/mol. The van der Waals surface area contributed by atoms with Crippen LogP contribution in [0.25, 0.3) is 0 Å². The van der Waals surface area contributed by atoms with Crippen molar-refractivity contribution in [3.8, 4) is 0 Å². The van der Waals surface area contributed by atoms with Crippen molar-refractivity contribution in [2.75, 3.05) is 13.7 Å². The lowest BCUT2D eigenvalue weighted by molar-refractivity contribution is 0.0600. The largest absolute Gasteiger partial charge is 0.465 e. The van der Waals surface area contributed by atoms with Gasteiger partial charge in [0.25, 0.3) is 0 Å². The zero-order chi connectivity index (χ0) is 16.5. The van der Waals surface area contributed by atoms with Gasteiger partial charge in [0.05, 0.1) is 17.6 Å². The topological polar surface area (TPSA) is 72.5 Å². The molecule has 1 aromatic heterocycles. The number of carbonyl (C=O) groups excluding carboxylic acids is 1. The molecule has 3 rings (SSSR count). The number of methoxy groups -OCH3 is 1. The van der Waals surface area contributed by atoms with Crippen molar-refractivity contribution in [1.29, 1.82) is 0 Å². The molecule has 1 aliphatic rings. The number of esters is 1. The molecule has 5 nitrogen and oxygen atoms in total. The maximum absolute atomic E-state index is 12.4. The maximum Gasteiger partial charge on any atom is 0.337 e. The Balaban J connectivity index is 1.71. The summed E-state index contributed by atoms with van der Waals surface area (Å²) >= 11 is 1.62. The summed E-state index contributed by atoms with van der Waals surface area (Å²) in [4.78, 5) is 11.5. The standard InChI is InChI=1S/C16H17NO4S2/c1-21-15(18)12-2-4-14(5-3-12)23(19,20)17-11-16(7-8-16)13-6-9-22-10-13/h2-6,9-10,17H,7-8,11H2,1H3. The highest BCUT2D eigenvalue weighted by Crippen LogP contribution is 2.48. The summed E-state index contributed by atoms with van der Waals surface area (Å²) in [7, 11) is -2.31. The van der Waals surface area contributed by atoms with Gasteiger partial charge in [0.1, 0.15) is 0 Å². The summed E-state index contributed by atoms with van der Waals surface area (Å²) in [6, 6.07) is 7.78. The average Bonchev–Trinajstić information content (AvgIpc) is 3.16. The summed E-state index contributed by atoms with van der Waals surface area (Å²) in [6.07, 6.45) is 1.99. The Kier molecular flexibility index (Phi) is 4.27. The van der Waals surface area contributed by atoms with Gasteiger partial charge in [-0.15, -0.1) is 0 Å². The first kappa shape index (κ1) is 16.2. The third-order valence-corrected chi connectivity index (χ3v) is 6.27. The van der Waals surface area contributed by atoms with Crippen LogP contribution in [-0.2, 0) is 20.2 Å². The van der Waals surface area contributed by atoms with E-state index in [1.54, 1.807) is 11.3 Å². The van der Waals surface area contributed by atoms with Gasteiger partial charge >= 0.3 is 5.97 Å². The number of ether oxygens (including phenoxy) is 1. The molecule has 0 spiro atoms. The van der Waals surface area contributed by atoms with Gasteiger partial charge in [0.2, 0.25) is 10.0 Å². The van der Waals surface area contributed by atoms with Gasteiger partial charge in [0.15, 0.2) is 0 Å². The molecule has 0 unspecified atom stereocenters. The van der Waals surface area contributed by atoms with Crippen molar-refractivity contribution in [1.82, 2.24) is 4.72 Å². The Morgan fingerprint density at radius 2 is 1.96 bits per heavy atom. The third-order valence-electron chi connectivity index (χ3n) is 4.17. The smallest absolute Gasteiger partial charge is 0.337 e. The van der Waals surface area contributed by atoms with Crippen molar-refractivity contribution in [2.24, 2.45) is 0 Å². The fraction of sp³-hybridized carbons (Fsp3) is 0.312. The van der Waals surface area contributed by atoms with Crippen LogP contribution in [0.5, 0.6) is 0 Å². The summed E-state index contributed by atoms with van der Waals surface area (Å²) < 4.78 is 32.1. The molecule has 0 bridgehead atoms. The van der Waals surface area contributed by atoms with Crippen LogP contribution in [0.1, 0.15) is 28.8 Å². The van der Waals surface area contributed by atoms with E-state index in [-0.39, 0.29) is 10.3 Å². The summed E-state index contributed by atoms with van der Waals surface area (Å²) in [5.74, 6) is -0.490. The molecule has 1 fully saturated rings. The van der Waals surface area contributed by atoms with E-state index in [0.29, 0.717) is 12.1 Å². The maximum atomic E-state index is 12.4. The number of thiophene rings is 1. The van der Waals surface area contributed by atoms with Crippen LogP contribution < -0.4 is 4.72 Å². The predicted molar refractivity (Wildman–Crippen MR) is 88.2 cm³/mol. The van der Waals surface area contributed by atoms with Crippen LogP contribution in [0.15, 0.2) is 46.0 Å². The molecule has 122 valence electrons. The van der Waals surface area contributed by atoms with Crippen molar-refractivity contribution >= 4 is 27.3 Å². The minimum absolute atomic E-state index is 0.0565. The second-order valence-electron chi connectivity index (χ2n) is 5.63. The Bertz CT molecular complexity index is 791. The molecule has 0 aliphatic heterocycles. The molecule has 7 heteroatoms. The van der Waals surface area contributed by atoms with Crippen molar-refractivity contribution < 1.29 is 17.9 Å². The SMILES string of the molecule is COC(=O)c1ccc(S(=O)(=O)NCC2(c3ccsc3)CC2)cc1. The second kappa shape index (κ2) is 6.07. The molecule has 1 heterocycles. The molecular formula is C16H17NO4S2. The molecule has 1 aliphatic carbocycles. The molecule has 2 aromatic rings. The first-order valence-electron chi connectivity index (χ1n) is 7.18. The number of hydrogen-bond donors (Lipinski definition) is 1. The molecule has 1 saturated carbocycles. The van der Waals surface area contributed by atoms with Crippen LogP contribution in [0.3, 0.4) is 0 Å². The van der Waals surface area contributed by atoms with Crippen LogP contribution in [-0.4, -0.2) is 28.0 Å². The Hall–Kier alpha value is -1.70. The van der Waals surface area contributed by atoms with Crippen LogP contribution >= 0.6 is 11.3 Å².